The van der Waals surface area contributed by atoms with E-state index in [-0.39, 0.29) is 17.9 Å². The summed E-state index contributed by atoms with van der Waals surface area (Å²) in [5, 5.41) is 0.780. The van der Waals surface area contributed by atoms with Gasteiger partial charge in [0.25, 0.3) is 0 Å². The van der Waals surface area contributed by atoms with Gasteiger partial charge in [-0.1, -0.05) is 54.1 Å². The normalized spacial score (nSPS) is 19.2. The van der Waals surface area contributed by atoms with Crippen molar-refractivity contribution in [1.82, 2.24) is 4.90 Å². The second kappa shape index (κ2) is 6.76. The predicted octanol–water partition coefficient (Wildman–Crippen LogP) is 4.80. The Morgan fingerprint density at radius 1 is 1.17 bits per heavy atom. The molecule has 0 spiro atoms. The average molecular weight is 328 g/mol. The van der Waals surface area contributed by atoms with E-state index < -0.39 is 0 Å². The molecular formula is C20H22ClNO. The van der Waals surface area contributed by atoms with Crippen molar-refractivity contribution < 1.29 is 4.79 Å². The fraction of sp³-hybridized carbons (Fsp3) is 0.350. The molecule has 1 aliphatic rings. The lowest BCUT2D eigenvalue weighted by atomic mass is 9.95. The summed E-state index contributed by atoms with van der Waals surface area (Å²) in [4.78, 5) is 14.8. The van der Waals surface area contributed by atoms with Crippen molar-refractivity contribution in [1.29, 1.82) is 0 Å². The molecule has 2 nitrogen and oxygen atoms in total. The Morgan fingerprint density at radius 2 is 1.91 bits per heavy atom. The largest absolute Gasteiger partial charge is 0.336 e. The van der Waals surface area contributed by atoms with Gasteiger partial charge < -0.3 is 4.90 Å². The van der Waals surface area contributed by atoms with Crippen LogP contribution in [0, 0.1) is 12.8 Å². The van der Waals surface area contributed by atoms with Gasteiger partial charge in [-0.25, -0.2) is 0 Å². The van der Waals surface area contributed by atoms with Gasteiger partial charge in [0.2, 0.25) is 5.91 Å². The number of carbonyl (C=O) groups excluding carboxylic acids is 1. The molecule has 1 saturated heterocycles. The first-order valence-corrected chi connectivity index (χ1v) is 8.55. The van der Waals surface area contributed by atoms with Crippen LogP contribution in [0.1, 0.15) is 36.1 Å². The molecule has 2 aromatic carbocycles. The molecule has 3 heteroatoms. The molecule has 0 unspecified atom stereocenters. The average Bonchev–Trinajstić information content (AvgIpc) is 2.93. The van der Waals surface area contributed by atoms with E-state index in [1.165, 1.54) is 11.1 Å². The molecule has 0 saturated carbocycles. The molecule has 3 rings (SSSR count). The van der Waals surface area contributed by atoms with Gasteiger partial charge in [-0.05, 0) is 49.4 Å². The van der Waals surface area contributed by atoms with E-state index in [0.29, 0.717) is 0 Å². The van der Waals surface area contributed by atoms with Crippen molar-refractivity contribution in [3.8, 4) is 0 Å². The van der Waals surface area contributed by atoms with E-state index >= 15 is 0 Å². The maximum absolute atomic E-state index is 12.8. The molecule has 0 N–H and O–H groups in total. The van der Waals surface area contributed by atoms with E-state index in [4.69, 9.17) is 11.6 Å². The van der Waals surface area contributed by atoms with Gasteiger partial charge >= 0.3 is 0 Å². The number of benzene rings is 2. The molecule has 2 aromatic rings. The van der Waals surface area contributed by atoms with Crippen LogP contribution in [0.4, 0.5) is 0 Å². The molecule has 2 atom stereocenters. The molecule has 1 heterocycles. The number of amides is 1. The van der Waals surface area contributed by atoms with Crippen LogP contribution in [0.15, 0.2) is 48.5 Å². The second-order valence-corrected chi connectivity index (χ2v) is 6.74. The Labute approximate surface area is 143 Å². The lowest BCUT2D eigenvalue weighted by molar-refractivity contribution is -0.132. The number of likely N-dealkylation sites (tertiary alicyclic amines) is 1. The zero-order chi connectivity index (χ0) is 16.4. The third-order valence-electron chi connectivity index (χ3n) is 4.95. The van der Waals surface area contributed by atoms with E-state index in [1.807, 2.05) is 42.2 Å². The molecule has 1 amide bonds. The Balaban J connectivity index is 1.73. The summed E-state index contributed by atoms with van der Waals surface area (Å²) in [5.74, 6) is 0.332. The van der Waals surface area contributed by atoms with Crippen molar-refractivity contribution in [3.63, 3.8) is 0 Å². The maximum atomic E-state index is 12.8. The molecule has 0 radical (unpaired) electrons. The smallest absolute Gasteiger partial charge is 0.226 e. The van der Waals surface area contributed by atoms with Crippen LogP contribution < -0.4 is 0 Å². The van der Waals surface area contributed by atoms with Crippen LogP contribution in [-0.2, 0) is 11.2 Å². The fourth-order valence-electron chi connectivity index (χ4n) is 3.39. The topological polar surface area (TPSA) is 20.3 Å². The summed E-state index contributed by atoms with van der Waals surface area (Å²) in [6, 6.07) is 16.3. The standard InChI is InChI=1S/C20H22ClNO/c1-14-17(9-6-10-19(14)21)13-18-11-12-22(20(18)23)15(2)16-7-4-3-5-8-16/h3-10,15,18H,11-13H2,1-2H3/t15-,18-/m1/s1. The number of carbonyl (C=O) groups is 1. The first-order chi connectivity index (χ1) is 11.1. The Kier molecular flexibility index (Phi) is 4.72. The highest BCUT2D eigenvalue weighted by Gasteiger charge is 2.34. The number of nitrogens with zero attached hydrogens (tertiary/aromatic N) is 1. The Morgan fingerprint density at radius 3 is 2.65 bits per heavy atom. The summed E-state index contributed by atoms with van der Waals surface area (Å²) in [5.41, 5.74) is 3.47. The number of hydrogen-bond donors (Lipinski definition) is 0. The number of rotatable bonds is 4. The van der Waals surface area contributed by atoms with Crippen molar-refractivity contribution in [3.05, 3.63) is 70.2 Å². The summed E-state index contributed by atoms with van der Waals surface area (Å²) in [6.07, 6.45) is 1.70. The number of hydrogen-bond acceptors (Lipinski definition) is 1. The van der Waals surface area contributed by atoms with E-state index in [2.05, 4.69) is 25.1 Å². The minimum atomic E-state index is 0.0679. The third kappa shape index (κ3) is 3.28. The summed E-state index contributed by atoms with van der Waals surface area (Å²) >= 11 is 6.20. The highest BCUT2D eigenvalue weighted by molar-refractivity contribution is 6.31. The summed E-state index contributed by atoms with van der Waals surface area (Å²) in [6.45, 7) is 4.97. The van der Waals surface area contributed by atoms with Gasteiger partial charge in [0.05, 0.1) is 6.04 Å². The quantitative estimate of drug-likeness (QED) is 0.789. The van der Waals surface area contributed by atoms with Gasteiger partial charge in [-0.15, -0.1) is 0 Å². The van der Waals surface area contributed by atoms with Crippen LogP contribution in [0.2, 0.25) is 5.02 Å². The Hall–Kier alpha value is -1.80. The lowest BCUT2D eigenvalue weighted by Crippen LogP contribution is -2.30. The minimum Gasteiger partial charge on any atom is -0.336 e. The molecule has 1 aliphatic heterocycles. The predicted molar refractivity (Wildman–Crippen MR) is 94.6 cm³/mol. The monoisotopic (exact) mass is 327 g/mol. The SMILES string of the molecule is Cc1c(Cl)cccc1C[C@H]1CCN([C@H](C)c2ccccc2)C1=O. The van der Waals surface area contributed by atoms with Gasteiger partial charge in [0, 0.05) is 17.5 Å². The molecule has 0 aromatic heterocycles. The second-order valence-electron chi connectivity index (χ2n) is 6.33. The van der Waals surface area contributed by atoms with Crippen LogP contribution in [0.3, 0.4) is 0 Å². The molecule has 23 heavy (non-hydrogen) atoms. The van der Waals surface area contributed by atoms with Crippen LogP contribution in [0.25, 0.3) is 0 Å². The first-order valence-electron chi connectivity index (χ1n) is 8.17. The van der Waals surface area contributed by atoms with E-state index in [0.717, 1.165) is 30.0 Å². The maximum Gasteiger partial charge on any atom is 0.226 e. The highest BCUT2D eigenvalue weighted by Crippen LogP contribution is 2.31. The van der Waals surface area contributed by atoms with Crippen molar-refractivity contribution in [2.45, 2.75) is 32.7 Å². The molecular weight excluding hydrogens is 306 g/mol. The minimum absolute atomic E-state index is 0.0679. The lowest BCUT2D eigenvalue weighted by Gasteiger charge is -2.25. The highest BCUT2D eigenvalue weighted by atomic mass is 35.5. The molecule has 1 fully saturated rings. The van der Waals surface area contributed by atoms with Crippen LogP contribution >= 0.6 is 11.6 Å². The zero-order valence-electron chi connectivity index (χ0n) is 13.6. The summed E-state index contributed by atoms with van der Waals surface area (Å²) in [7, 11) is 0. The summed E-state index contributed by atoms with van der Waals surface area (Å²) < 4.78 is 0. The van der Waals surface area contributed by atoms with Crippen molar-refractivity contribution in [2.75, 3.05) is 6.54 Å². The molecule has 0 aliphatic carbocycles. The van der Waals surface area contributed by atoms with Crippen LogP contribution in [-0.4, -0.2) is 17.4 Å². The third-order valence-corrected chi connectivity index (χ3v) is 5.36. The van der Waals surface area contributed by atoms with Gasteiger partial charge in [0.1, 0.15) is 0 Å². The van der Waals surface area contributed by atoms with Gasteiger partial charge in [-0.2, -0.15) is 0 Å². The fourth-order valence-corrected chi connectivity index (χ4v) is 3.58. The van der Waals surface area contributed by atoms with Crippen molar-refractivity contribution in [2.24, 2.45) is 5.92 Å². The zero-order valence-corrected chi connectivity index (χ0v) is 14.4. The van der Waals surface area contributed by atoms with Gasteiger partial charge in [0.15, 0.2) is 0 Å². The molecule has 120 valence electrons. The first kappa shape index (κ1) is 16.1. The number of halogens is 1. The van der Waals surface area contributed by atoms with Gasteiger partial charge in [-0.3, -0.25) is 4.79 Å². The van der Waals surface area contributed by atoms with Crippen molar-refractivity contribution >= 4 is 17.5 Å². The Bertz CT molecular complexity index is 698. The van der Waals surface area contributed by atoms with E-state index in [9.17, 15) is 4.79 Å². The van der Waals surface area contributed by atoms with E-state index in [1.54, 1.807) is 0 Å². The van der Waals surface area contributed by atoms with Crippen LogP contribution in [0.5, 0.6) is 0 Å². The molecule has 0 bridgehead atoms.